The van der Waals surface area contributed by atoms with Crippen molar-refractivity contribution >= 4 is 23.6 Å². The molecule has 9 nitrogen and oxygen atoms in total. The number of alkyl carbamates (subject to hydrolysis) is 1. The molecule has 2 atom stereocenters. The number of nitrogens with zero attached hydrogens (tertiary/aromatic N) is 1. The van der Waals surface area contributed by atoms with Crippen LogP contribution < -0.4 is 10.6 Å². The molecule has 196 valence electrons. The molecular formula is C27H37N3O6. The third kappa shape index (κ3) is 7.98. The van der Waals surface area contributed by atoms with Gasteiger partial charge in [-0.05, 0) is 51.8 Å². The molecular weight excluding hydrogens is 462 g/mol. The fourth-order valence-corrected chi connectivity index (χ4v) is 3.61. The Balaban J connectivity index is 2.48. The number of aliphatic hydroxyl groups excluding tert-OH is 1. The Bertz CT molecular complexity index is 1050. The molecule has 0 spiro atoms. The number of hydrogen-bond acceptors (Lipinski definition) is 6. The van der Waals surface area contributed by atoms with Crippen molar-refractivity contribution in [2.45, 2.75) is 65.1 Å². The second kappa shape index (κ2) is 12.9. The van der Waals surface area contributed by atoms with Crippen LogP contribution in [0.2, 0.25) is 0 Å². The third-order valence-electron chi connectivity index (χ3n) is 5.40. The van der Waals surface area contributed by atoms with Gasteiger partial charge in [0.25, 0.3) is 5.91 Å². The van der Waals surface area contributed by atoms with Gasteiger partial charge in [0.1, 0.15) is 23.4 Å². The summed E-state index contributed by atoms with van der Waals surface area (Å²) in [6, 6.07) is 10.9. The largest absolute Gasteiger partial charge is 0.508 e. The summed E-state index contributed by atoms with van der Waals surface area (Å²) in [6.45, 7) is 8.28. The average Bonchev–Trinajstić information content (AvgIpc) is 2.81. The van der Waals surface area contributed by atoms with Crippen molar-refractivity contribution in [2.24, 2.45) is 0 Å². The van der Waals surface area contributed by atoms with E-state index in [2.05, 4.69) is 10.6 Å². The molecule has 0 saturated heterocycles. The molecule has 0 bridgehead atoms. The van der Waals surface area contributed by atoms with Gasteiger partial charge in [0.15, 0.2) is 0 Å². The number of nitrogens with one attached hydrogen (secondary N) is 2. The van der Waals surface area contributed by atoms with E-state index >= 15 is 0 Å². The minimum absolute atomic E-state index is 0.155. The van der Waals surface area contributed by atoms with Crippen molar-refractivity contribution in [3.63, 3.8) is 0 Å². The number of phenolic OH excluding ortho intramolecular Hbond substituents is 1. The van der Waals surface area contributed by atoms with Crippen LogP contribution in [0.3, 0.4) is 0 Å². The smallest absolute Gasteiger partial charge is 0.408 e. The predicted octanol–water partition coefficient (Wildman–Crippen LogP) is 3.89. The van der Waals surface area contributed by atoms with Crippen LogP contribution in [-0.4, -0.2) is 57.8 Å². The molecule has 3 amide bonds. The maximum atomic E-state index is 13.7. The summed E-state index contributed by atoms with van der Waals surface area (Å²) in [4.78, 5) is 40.9. The SMILES string of the molecule is CCCCN(C(=O)C(CO)NC(=O)OC(C)(C)C)C(C(=O)Nc1ccccc1C)c1ccccc1O. The number of hydrogen-bond donors (Lipinski definition) is 4. The highest BCUT2D eigenvalue weighted by molar-refractivity contribution is 5.99. The molecule has 36 heavy (non-hydrogen) atoms. The average molecular weight is 500 g/mol. The molecule has 0 saturated carbocycles. The van der Waals surface area contributed by atoms with Crippen molar-refractivity contribution in [3.05, 3.63) is 59.7 Å². The number of aryl methyl sites for hydroxylation is 1. The number of aliphatic hydroxyl groups is 1. The number of benzene rings is 2. The first kappa shape index (κ1) is 28.6. The first-order chi connectivity index (χ1) is 17.0. The van der Waals surface area contributed by atoms with Gasteiger partial charge in [0, 0.05) is 17.8 Å². The number of phenols is 1. The molecule has 0 aliphatic rings. The summed E-state index contributed by atoms with van der Waals surface area (Å²) < 4.78 is 5.23. The van der Waals surface area contributed by atoms with Crippen LogP contribution in [0, 0.1) is 6.92 Å². The lowest BCUT2D eigenvalue weighted by Gasteiger charge is -2.34. The lowest BCUT2D eigenvalue weighted by atomic mass is 10.0. The van der Waals surface area contributed by atoms with Gasteiger partial charge in [-0.2, -0.15) is 0 Å². The third-order valence-corrected chi connectivity index (χ3v) is 5.40. The molecule has 4 N–H and O–H groups in total. The summed E-state index contributed by atoms with van der Waals surface area (Å²) in [5.41, 5.74) is 0.812. The van der Waals surface area contributed by atoms with Gasteiger partial charge in [-0.1, -0.05) is 49.7 Å². The first-order valence-electron chi connectivity index (χ1n) is 12.0. The molecule has 2 aromatic carbocycles. The zero-order valence-corrected chi connectivity index (χ0v) is 21.6. The lowest BCUT2D eigenvalue weighted by molar-refractivity contribution is -0.141. The Hall–Kier alpha value is -3.59. The van der Waals surface area contributed by atoms with Crippen LogP contribution in [0.25, 0.3) is 0 Å². The van der Waals surface area contributed by atoms with E-state index in [1.165, 1.54) is 11.0 Å². The number of para-hydroxylation sites is 2. The lowest BCUT2D eigenvalue weighted by Crippen LogP contribution is -2.54. The normalized spacial score (nSPS) is 12.8. The number of carbonyl (C=O) groups is 3. The minimum Gasteiger partial charge on any atom is -0.508 e. The summed E-state index contributed by atoms with van der Waals surface area (Å²) >= 11 is 0. The van der Waals surface area contributed by atoms with Gasteiger partial charge in [-0.25, -0.2) is 4.79 Å². The molecule has 9 heteroatoms. The number of anilines is 1. The molecule has 2 aromatic rings. The van der Waals surface area contributed by atoms with Crippen molar-refractivity contribution in [2.75, 3.05) is 18.5 Å². The van der Waals surface area contributed by atoms with E-state index in [9.17, 15) is 24.6 Å². The van der Waals surface area contributed by atoms with E-state index in [0.717, 1.165) is 12.0 Å². The van der Waals surface area contributed by atoms with E-state index in [1.807, 2.05) is 26.0 Å². The van der Waals surface area contributed by atoms with Gasteiger partial charge >= 0.3 is 6.09 Å². The number of ether oxygens (including phenoxy) is 1. The van der Waals surface area contributed by atoms with Crippen molar-refractivity contribution < 1.29 is 29.3 Å². The van der Waals surface area contributed by atoms with Crippen LogP contribution in [0.5, 0.6) is 5.75 Å². The first-order valence-corrected chi connectivity index (χ1v) is 12.0. The zero-order valence-electron chi connectivity index (χ0n) is 21.6. The number of unbranched alkanes of at least 4 members (excludes halogenated alkanes) is 1. The van der Waals surface area contributed by atoms with Gasteiger partial charge < -0.3 is 30.5 Å². The molecule has 0 fully saturated rings. The Morgan fingerprint density at radius 2 is 1.69 bits per heavy atom. The van der Waals surface area contributed by atoms with Crippen molar-refractivity contribution in [1.29, 1.82) is 0 Å². The van der Waals surface area contributed by atoms with Gasteiger partial charge in [-0.3, -0.25) is 9.59 Å². The molecule has 0 aromatic heterocycles. The van der Waals surface area contributed by atoms with Crippen LogP contribution in [0.1, 0.15) is 57.7 Å². The predicted molar refractivity (Wildman–Crippen MR) is 138 cm³/mol. The van der Waals surface area contributed by atoms with E-state index in [4.69, 9.17) is 4.74 Å². The second-order valence-electron chi connectivity index (χ2n) is 9.53. The van der Waals surface area contributed by atoms with Gasteiger partial charge in [0.05, 0.1) is 6.61 Å². The number of amides is 3. The Morgan fingerprint density at radius 3 is 2.28 bits per heavy atom. The molecule has 0 aliphatic carbocycles. The zero-order chi connectivity index (χ0) is 26.9. The number of rotatable bonds is 10. The standard InChI is InChI=1S/C27H37N3O6/c1-6-7-16-30(25(34)21(17-31)29-26(35)36-27(3,4)5)23(19-13-9-11-15-22(19)32)24(33)28-20-14-10-8-12-18(20)2/h8-15,21,23,31-32H,6-7,16-17H2,1-5H3,(H,28,33)(H,29,35). The number of carbonyl (C=O) groups excluding carboxylic acids is 3. The second-order valence-corrected chi connectivity index (χ2v) is 9.53. The highest BCUT2D eigenvalue weighted by Crippen LogP contribution is 2.31. The van der Waals surface area contributed by atoms with E-state index in [-0.39, 0.29) is 17.9 Å². The molecule has 0 heterocycles. The van der Waals surface area contributed by atoms with Crippen LogP contribution >= 0.6 is 0 Å². The highest BCUT2D eigenvalue weighted by Gasteiger charge is 2.37. The van der Waals surface area contributed by atoms with Gasteiger partial charge in [0.2, 0.25) is 5.91 Å². The molecule has 2 rings (SSSR count). The Morgan fingerprint density at radius 1 is 1.06 bits per heavy atom. The maximum absolute atomic E-state index is 13.7. The Labute approximate surface area is 212 Å². The summed E-state index contributed by atoms with van der Waals surface area (Å²) in [5.74, 6) is -1.37. The molecule has 2 unspecified atom stereocenters. The number of aromatic hydroxyl groups is 1. The van der Waals surface area contributed by atoms with Gasteiger partial charge in [-0.15, -0.1) is 0 Å². The fraction of sp³-hybridized carbons (Fsp3) is 0.444. The molecule has 0 radical (unpaired) electrons. The minimum atomic E-state index is -1.35. The summed E-state index contributed by atoms with van der Waals surface area (Å²) in [7, 11) is 0. The highest BCUT2D eigenvalue weighted by atomic mass is 16.6. The van der Waals surface area contributed by atoms with Crippen molar-refractivity contribution in [1.82, 2.24) is 10.2 Å². The van der Waals surface area contributed by atoms with Crippen LogP contribution in [-0.2, 0) is 14.3 Å². The van der Waals surface area contributed by atoms with Crippen LogP contribution in [0.15, 0.2) is 48.5 Å². The quantitative estimate of drug-likeness (QED) is 0.393. The summed E-state index contributed by atoms with van der Waals surface area (Å²) in [5, 5.41) is 25.8. The van der Waals surface area contributed by atoms with Crippen LogP contribution in [0.4, 0.5) is 10.5 Å². The monoisotopic (exact) mass is 499 g/mol. The van der Waals surface area contributed by atoms with E-state index in [1.54, 1.807) is 51.1 Å². The topological polar surface area (TPSA) is 128 Å². The summed E-state index contributed by atoms with van der Waals surface area (Å²) in [6.07, 6.45) is 0.409. The van der Waals surface area contributed by atoms with E-state index < -0.39 is 42.2 Å². The molecule has 0 aliphatic heterocycles. The van der Waals surface area contributed by atoms with Crippen molar-refractivity contribution in [3.8, 4) is 5.75 Å². The Kier molecular flexibility index (Phi) is 10.3. The fourth-order valence-electron chi connectivity index (χ4n) is 3.61. The maximum Gasteiger partial charge on any atom is 0.408 e. The van der Waals surface area contributed by atoms with E-state index in [0.29, 0.717) is 12.1 Å².